The van der Waals surface area contributed by atoms with Crippen LogP contribution < -0.4 is 0 Å². The molecule has 10 heavy (non-hydrogen) atoms. The van der Waals surface area contributed by atoms with Crippen LogP contribution in [-0.4, -0.2) is 23.5 Å². The van der Waals surface area contributed by atoms with Gasteiger partial charge in [-0.25, -0.2) is 0 Å². The van der Waals surface area contributed by atoms with Crippen molar-refractivity contribution in [1.82, 2.24) is 4.90 Å². The average molecular weight is 139 g/mol. The summed E-state index contributed by atoms with van der Waals surface area (Å²) in [5.74, 6) is 0. The molecule has 0 amide bonds. The van der Waals surface area contributed by atoms with Crippen LogP contribution in [0, 0.1) is 0 Å². The first-order valence-electron chi connectivity index (χ1n) is 4.03. The number of hydrogen-bond acceptors (Lipinski definition) is 1. The largest absolute Gasteiger partial charge is 0.294 e. The molecule has 0 spiro atoms. The summed E-state index contributed by atoms with van der Waals surface area (Å²) in [6, 6.07) is 1.39. The molecule has 1 heterocycles. The zero-order valence-corrected chi connectivity index (χ0v) is 7.22. The van der Waals surface area contributed by atoms with Gasteiger partial charge < -0.3 is 0 Å². The number of rotatable bonds is 1. The van der Waals surface area contributed by atoms with E-state index in [4.69, 9.17) is 0 Å². The van der Waals surface area contributed by atoms with Crippen molar-refractivity contribution in [2.45, 2.75) is 39.3 Å². The molecule has 1 saturated heterocycles. The van der Waals surface area contributed by atoms with E-state index < -0.39 is 0 Å². The molecule has 1 atom stereocenters. The van der Waals surface area contributed by atoms with Gasteiger partial charge in [-0.1, -0.05) is 12.2 Å². The molecule has 0 aromatic carbocycles. The van der Waals surface area contributed by atoms with Gasteiger partial charge in [0.1, 0.15) is 0 Å². The highest BCUT2D eigenvalue weighted by Gasteiger charge is 2.24. The summed E-state index contributed by atoms with van der Waals surface area (Å²) in [5, 5.41) is 0. The molecule has 0 aromatic rings. The lowest BCUT2D eigenvalue weighted by molar-refractivity contribution is 0.218. The van der Waals surface area contributed by atoms with Gasteiger partial charge in [0, 0.05) is 18.6 Å². The Morgan fingerprint density at radius 1 is 1.60 bits per heavy atom. The molecular weight excluding hydrogens is 122 g/mol. The molecular formula is C9H17N. The highest BCUT2D eigenvalue weighted by atomic mass is 15.2. The SMILES string of the molecule is C=C1CC(C)N(C(C)C)C1. The third kappa shape index (κ3) is 1.40. The lowest BCUT2D eigenvalue weighted by atomic mass is 10.2. The fraction of sp³-hybridized carbons (Fsp3) is 0.778. The zero-order chi connectivity index (χ0) is 7.72. The Bertz CT molecular complexity index is 138. The van der Waals surface area contributed by atoms with Crippen LogP contribution in [0.15, 0.2) is 12.2 Å². The van der Waals surface area contributed by atoms with Crippen LogP contribution in [0.25, 0.3) is 0 Å². The molecule has 0 N–H and O–H groups in total. The van der Waals surface area contributed by atoms with E-state index in [1.54, 1.807) is 0 Å². The number of nitrogens with zero attached hydrogens (tertiary/aromatic N) is 1. The summed E-state index contributed by atoms with van der Waals surface area (Å²) < 4.78 is 0. The molecule has 0 saturated carbocycles. The van der Waals surface area contributed by atoms with E-state index >= 15 is 0 Å². The average Bonchev–Trinajstić information content (AvgIpc) is 2.10. The summed E-state index contributed by atoms with van der Waals surface area (Å²) in [6.45, 7) is 11.9. The van der Waals surface area contributed by atoms with E-state index in [2.05, 4.69) is 32.3 Å². The molecule has 0 aliphatic carbocycles. The summed E-state index contributed by atoms with van der Waals surface area (Å²) in [6.07, 6.45) is 1.19. The van der Waals surface area contributed by atoms with E-state index in [-0.39, 0.29) is 0 Å². The Hall–Kier alpha value is -0.300. The lowest BCUT2D eigenvalue weighted by Crippen LogP contribution is -2.33. The first-order chi connectivity index (χ1) is 4.61. The second-order valence-corrected chi connectivity index (χ2v) is 3.57. The highest BCUT2D eigenvalue weighted by molar-refractivity contribution is 5.07. The maximum absolute atomic E-state index is 4.00. The molecule has 1 rings (SSSR count). The van der Waals surface area contributed by atoms with Gasteiger partial charge in [-0.05, 0) is 27.2 Å². The van der Waals surface area contributed by atoms with E-state index in [1.165, 1.54) is 12.0 Å². The fourth-order valence-corrected chi connectivity index (χ4v) is 1.71. The Balaban J connectivity index is 2.54. The minimum absolute atomic E-state index is 0.675. The van der Waals surface area contributed by atoms with Gasteiger partial charge in [0.05, 0.1) is 0 Å². The van der Waals surface area contributed by atoms with Gasteiger partial charge in [0.2, 0.25) is 0 Å². The summed E-state index contributed by atoms with van der Waals surface area (Å²) in [5.41, 5.74) is 1.39. The normalized spacial score (nSPS) is 28.4. The topological polar surface area (TPSA) is 3.24 Å². The van der Waals surface area contributed by atoms with Crippen molar-refractivity contribution in [3.05, 3.63) is 12.2 Å². The third-order valence-corrected chi connectivity index (χ3v) is 2.22. The minimum Gasteiger partial charge on any atom is -0.294 e. The number of likely N-dealkylation sites (tertiary alicyclic amines) is 1. The van der Waals surface area contributed by atoms with Crippen molar-refractivity contribution in [2.24, 2.45) is 0 Å². The van der Waals surface area contributed by atoms with Crippen molar-refractivity contribution in [1.29, 1.82) is 0 Å². The molecule has 58 valence electrons. The van der Waals surface area contributed by atoms with Crippen molar-refractivity contribution >= 4 is 0 Å². The second kappa shape index (κ2) is 2.75. The second-order valence-electron chi connectivity index (χ2n) is 3.57. The third-order valence-electron chi connectivity index (χ3n) is 2.22. The molecule has 1 nitrogen and oxygen atoms in total. The van der Waals surface area contributed by atoms with Gasteiger partial charge in [0.25, 0.3) is 0 Å². The van der Waals surface area contributed by atoms with Crippen LogP contribution in [0.1, 0.15) is 27.2 Å². The summed E-state index contributed by atoms with van der Waals surface area (Å²) >= 11 is 0. The van der Waals surface area contributed by atoms with Gasteiger partial charge in [-0.2, -0.15) is 0 Å². The van der Waals surface area contributed by atoms with Crippen LogP contribution in [0.2, 0.25) is 0 Å². The van der Waals surface area contributed by atoms with Gasteiger partial charge >= 0.3 is 0 Å². The van der Waals surface area contributed by atoms with Crippen molar-refractivity contribution in [2.75, 3.05) is 6.54 Å². The van der Waals surface area contributed by atoms with Crippen LogP contribution >= 0.6 is 0 Å². The Kier molecular flexibility index (Phi) is 2.14. The number of hydrogen-bond donors (Lipinski definition) is 0. The quantitative estimate of drug-likeness (QED) is 0.502. The molecule has 1 aliphatic heterocycles. The Morgan fingerprint density at radius 3 is 2.40 bits per heavy atom. The molecule has 1 unspecified atom stereocenters. The standard InChI is InChI=1S/C9H17N/c1-7(2)10-6-8(3)5-9(10)4/h7,9H,3,5-6H2,1-2,4H3. The molecule has 0 bridgehead atoms. The Morgan fingerprint density at radius 2 is 2.20 bits per heavy atom. The van der Waals surface area contributed by atoms with E-state index in [0.29, 0.717) is 12.1 Å². The predicted octanol–water partition coefficient (Wildman–Crippen LogP) is 2.05. The van der Waals surface area contributed by atoms with Crippen LogP contribution in [0.4, 0.5) is 0 Å². The first kappa shape index (κ1) is 7.80. The van der Waals surface area contributed by atoms with Gasteiger partial charge in [-0.3, -0.25) is 4.90 Å². The van der Waals surface area contributed by atoms with E-state index in [0.717, 1.165) is 6.54 Å². The zero-order valence-electron chi connectivity index (χ0n) is 7.22. The van der Waals surface area contributed by atoms with E-state index in [1.807, 2.05) is 0 Å². The van der Waals surface area contributed by atoms with Crippen LogP contribution in [-0.2, 0) is 0 Å². The molecule has 1 aliphatic rings. The van der Waals surface area contributed by atoms with Crippen molar-refractivity contribution < 1.29 is 0 Å². The predicted molar refractivity (Wildman–Crippen MR) is 45.1 cm³/mol. The molecule has 0 radical (unpaired) electrons. The van der Waals surface area contributed by atoms with Gasteiger partial charge in [0.15, 0.2) is 0 Å². The van der Waals surface area contributed by atoms with Crippen LogP contribution in [0.3, 0.4) is 0 Å². The Labute approximate surface area is 63.7 Å². The van der Waals surface area contributed by atoms with Crippen molar-refractivity contribution in [3.8, 4) is 0 Å². The summed E-state index contributed by atoms with van der Waals surface area (Å²) in [4.78, 5) is 2.49. The summed E-state index contributed by atoms with van der Waals surface area (Å²) in [7, 11) is 0. The molecule has 1 heteroatoms. The monoisotopic (exact) mass is 139 g/mol. The fourth-order valence-electron chi connectivity index (χ4n) is 1.71. The molecule has 1 fully saturated rings. The molecule has 0 aromatic heterocycles. The maximum atomic E-state index is 4.00. The van der Waals surface area contributed by atoms with Crippen LogP contribution in [0.5, 0.6) is 0 Å². The first-order valence-corrected chi connectivity index (χ1v) is 4.03. The van der Waals surface area contributed by atoms with Crippen molar-refractivity contribution in [3.63, 3.8) is 0 Å². The minimum atomic E-state index is 0.675. The maximum Gasteiger partial charge on any atom is 0.0196 e. The van der Waals surface area contributed by atoms with Gasteiger partial charge in [-0.15, -0.1) is 0 Å². The van der Waals surface area contributed by atoms with E-state index in [9.17, 15) is 0 Å². The smallest absolute Gasteiger partial charge is 0.0196 e. The highest BCUT2D eigenvalue weighted by Crippen LogP contribution is 2.22. The lowest BCUT2D eigenvalue weighted by Gasteiger charge is -2.24.